The van der Waals surface area contributed by atoms with Crippen molar-refractivity contribution in [2.45, 2.75) is 51.2 Å². The van der Waals surface area contributed by atoms with Gasteiger partial charge in [0.1, 0.15) is 0 Å². The molecule has 0 aliphatic heterocycles. The summed E-state index contributed by atoms with van der Waals surface area (Å²) in [4.78, 5) is 13.0. The number of benzene rings is 2. The van der Waals surface area contributed by atoms with Crippen molar-refractivity contribution in [2.24, 2.45) is 0 Å². The number of aryl methyl sites for hydroxylation is 1. The van der Waals surface area contributed by atoms with Crippen molar-refractivity contribution in [3.8, 4) is 0 Å². The van der Waals surface area contributed by atoms with Crippen LogP contribution in [-0.2, 0) is 23.1 Å². The molecular weight excluding hydrogens is 412 g/mol. The highest BCUT2D eigenvalue weighted by atomic mass is 32.2. The molecule has 8 heteroatoms. The molecule has 0 unspecified atom stereocenters. The lowest BCUT2D eigenvalue weighted by atomic mass is 10.1. The zero-order valence-corrected chi connectivity index (χ0v) is 19.0. The fourth-order valence-corrected chi connectivity index (χ4v) is 4.64. The van der Waals surface area contributed by atoms with Crippen LogP contribution in [0.2, 0.25) is 0 Å². The van der Waals surface area contributed by atoms with Crippen LogP contribution in [-0.4, -0.2) is 29.6 Å². The Kier molecular flexibility index (Phi) is 6.62. The Morgan fingerprint density at radius 2 is 1.77 bits per heavy atom. The van der Waals surface area contributed by atoms with E-state index in [1.165, 1.54) is 12.1 Å². The van der Waals surface area contributed by atoms with Crippen LogP contribution in [0, 0.1) is 6.92 Å². The van der Waals surface area contributed by atoms with Crippen LogP contribution in [0.15, 0.2) is 65.8 Å². The summed E-state index contributed by atoms with van der Waals surface area (Å²) in [6, 6.07) is 14.3. The van der Waals surface area contributed by atoms with Gasteiger partial charge in [-0.15, -0.1) is 0 Å². The molecule has 164 valence electrons. The van der Waals surface area contributed by atoms with Crippen LogP contribution in [0.25, 0.3) is 0 Å². The van der Waals surface area contributed by atoms with Crippen LogP contribution < -0.4 is 10.0 Å². The van der Waals surface area contributed by atoms with Gasteiger partial charge in [0, 0.05) is 30.0 Å². The highest BCUT2D eigenvalue weighted by molar-refractivity contribution is 7.89. The van der Waals surface area contributed by atoms with Crippen LogP contribution in [0.4, 0.5) is 0 Å². The molecule has 2 aromatic carbocycles. The second-order valence-corrected chi connectivity index (χ2v) is 10.2. The van der Waals surface area contributed by atoms with Crippen LogP contribution in [0.3, 0.4) is 0 Å². The van der Waals surface area contributed by atoms with Gasteiger partial charge in [-0.25, -0.2) is 13.1 Å². The number of aromatic nitrogens is 2. The maximum Gasteiger partial charge on any atom is 0.251 e. The molecule has 0 saturated heterocycles. The van der Waals surface area contributed by atoms with Crippen LogP contribution in [0.5, 0.6) is 0 Å². The van der Waals surface area contributed by atoms with Gasteiger partial charge in [-0.1, -0.05) is 30.3 Å². The van der Waals surface area contributed by atoms with Crippen molar-refractivity contribution < 1.29 is 13.2 Å². The molecule has 2 N–H and O–H groups in total. The molecule has 31 heavy (non-hydrogen) atoms. The Hall–Kier alpha value is -2.97. The van der Waals surface area contributed by atoms with Crippen molar-refractivity contribution in [1.29, 1.82) is 0 Å². The van der Waals surface area contributed by atoms with Crippen LogP contribution in [0.1, 0.15) is 47.8 Å². The van der Waals surface area contributed by atoms with Gasteiger partial charge in [0.25, 0.3) is 5.91 Å². The van der Waals surface area contributed by atoms with E-state index in [2.05, 4.69) is 15.1 Å². The van der Waals surface area contributed by atoms with E-state index in [1.807, 2.05) is 41.2 Å². The van der Waals surface area contributed by atoms with Crippen molar-refractivity contribution in [2.75, 3.05) is 0 Å². The molecule has 0 saturated carbocycles. The Morgan fingerprint density at radius 1 is 1.06 bits per heavy atom. The number of carbonyl (C=O) groups excluding carboxylic acids is 1. The highest BCUT2D eigenvalue weighted by Gasteiger charge is 2.23. The molecular formula is C23H28N4O3S. The lowest BCUT2D eigenvalue weighted by Crippen LogP contribution is -2.40. The van der Waals surface area contributed by atoms with E-state index in [1.54, 1.807) is 40.0 Å². The maximum atomic E-state index is 12.9. The quantitative estimate of drug-likeness (QED) is 0.590. The Balaban J connectivity index is 1.77. The van der Waals surface area contributed by atoms with E-state index >= 15 is 0 Å². The SMILES string of the molecule is Cc1ccc(S(=O)(=O)NC(C)(C)C)cc1C(=O)NCc1ccccc1Cn1cccn1. The molecule has 0 aliphatic carbocycles. The molecule has 0 fully saturated rings. The minimum Gasteiger partial charge on any atom is -0.348 e. The van der Waals surface area contributed by atoms with E-state index in [4.69, 9.17) is 0 Å². The van der Waals surface area contributed by atoms with Gasteiger partial charge in [-0.3, -0.25) is 9.48 Å². The van der Waals surface area contributed by atoms with Crippen LogP contribution >= 0.6 is 0 Å². The molecule has 0 radical (unpaired) electrons. The zero-order valence-electron chi connectivity index (χ0n) is 18.2. The zero-order chi connectivity index (χ0) is 22.6. The summed E-state index contributed by atoms with van der Waals surface area (Å²) in [6.45, 7) is 8.03. The fraction of sp³-hybridized carbons (Fsp3) is 0.304. The Morgan fingerprint density at radius 3 is 2.42 bits per heavy atom. The van der Waals surface area contributed by atoms with E-state index in [0.29, 0.717) is 24.2 Å². The third-order valence-electron chi connectivity index (χ3n) is 4.65. The molecule has 0 aliphatic rings. The first-order valence-electron chi connectivity index (χ1n) is 10.0. The van der Waals surface area contributed by atoms with E-state index in [0.717, 1.165) is 11.1 Å². The highest BCUT2D eigenvalue weighted by Crippen LogP contribution is 2.18. The third-order valence-corrected chi connectivity index (χ3v) is 6.41. The fourth-order valence-electron chi connectivity index (χ4n) is 3.20. The Labute approximate surface area is 183 Å². The summed E-state index contributed by atoms with van der Waals surface area (Å²) in [6.07, 6.45) is 3.61. The van der Waals surface area contributed by atoms with Gasteiger partial charge in [-0.05, 0) is 62.6 Å². The predicted octanol–water partition coefficient (Wildman–Crippen LogP) is 3.25. The standard InChI is InChI=1S/C23H28N4O3S/c1-17-10-11-20(31(29,30)26-23(2,3)4)14-21(17)22(28)24-15-18-8-5-6-9-19(18)16-27-13-7-12-25-27/h5-14,26H,15-16H2,1-4H3,(H,24,28). The monoisotopic (exact) mass is 440 g/mol. The molecule has 3 rings (SSSR count). The minimum absolute atomic E-state index is 0.0669. The van der Waals surface area contributed by atoms with Gasteiger partial charge in [0.2, 0.25) is 10.0 Å². The summed E-state index contributed by atoms with van der Waals surface area (Å²) in [5.74, 6) is -0.320. The molecule has 1 heterocycles. The average molecular weight is 441 g/mol. The van der Waals surface area contributed by atoms with E-state index in [9.17, 15) is 13.2 Å². The van der Waals surface area contributed by atoms with Crippen molar-refractivity contribution in [3.05, 3.63) is 83.2 Å². The lowest BCUT2D eigenvalue weighted by molar-refractivity contribution is 0.0950. The maximum absolute atomic E-state index is 12.9. The first-order chi connectivity index (χ1) is 14.5. The van der Waals surface area contributed by atoms with E-state index in [-0.39, 0.29) is 10.8 Å². The topological polar surface area (TPSA) is 93.1 Å². The number of nitrogens with one attached hydrogen (secondary N) is 2. The second kappa shape index (κ2) is 9.03. The molecule has 0 atom stereocenters. The number of hydrogen-bond donors (Lipinski definition) is 2. The van der Waals surface area contributed by atoms with E-state index < -0.39 is 15.6 Å². The normalized spacial score (nSPS) is 12.0. The lowest BCUT2D eigenvalue weighted by Gasteiger charge is -2.20. The number of hydrogen-bond acceptors (Lipinski definition) is 4. The molecule has 0 spiro atoms. The molecule has 7 nitrogen and oxygen atoms in total. The molecule has 1 amide bonds. The summed E-state index contributed by atoms with van der Waals surface area (Å²) >= 11 is 0. The predicted molar refractivity (Wildman–Crippen MR) is 120 cm³/mol. The largest absolute Gasteiger partial charge is 0.348 e. The smallest absolute Gasteiger partial charge is 0.251 e. The summed E-state index contributed by atoms with van der Waals surface area (Å²) in [5, 5.41) is 7.15. The molecule has 0 bridgehead atoms. The van der Waals surface area contributed by atoms with Gasteiger partial charge in [-0.2, -0.15) is 5.10 Å². The average Bonchev–Trinajstić information content (AvgIpc) is 3.18. The first-order valence-corrected chi connectivity index (χ1v) is 11.5. The van der Waals surface area contributed by atoms with Gasteiger partial charge >= 0.3 is 0 Å². The molecule has 3 aromatic rings. The number of carbonyl (C=O) groups is 1. The minimum atomic E-state index is -3.73. The number of nitrogens with zero attached hydrogens (tertiary/aromatic N) is 2. The number of amides is 1. The molecule has 1 aromatic heterocycles. The number of sulfonamides is 1. The summed E-state index contributed by atoms with van der Waals surface area (Å²) in [7, 11) is -3.73. The van der Waals surface area contributed by atoms with Crippen molar-refractivity contribution in [1.82, 2.24) is 19.8 Å². The number of rotatable bonds is 7. The van der Waals surface area contributed by atoms with Crippen molar-refractivity contribution in [3.63, 3.8) is 0 Å². The summed E-state index contributed by atoms with van der Waals surface area (Å²) < 4.78 is 29.8. The summed E-state index contributed by atoms with van der Waals surface area (Å²) in [5.41, 5.74) is 2.44. The van der Waals surface area contributed by atoms with Gasteiger partial charge in [0.05, 0.1) is 11.4 Å². The first kappa shape index (κ1) is 22.7. The van der Waals surface area contributed by atoms with Crippen molar-refractivity contribution >= 4 is 15.9 Å². The Bertz CT molecular complexity index is 1160. The second-order valence-electron chi connectivity index (χ2n) is 8.49. The van der Waals surface area contributed by atoms with Gasteiger partial charge < -0.3 is 5.32 Å². The van der Waals surface area contributed by atoms with Gasteiger partial charge in [0.15, 0.2) is 0 Å². The third kappa shape index (κ3) is 6.02.